The largest absolute Gasteiger partial charge is 0.505 e. The number of hydrogen-bond acceptors (Lipinski definition) is 4. The van der Waals surface area contributed by atoms with E-state index in [4.69, 9.17) is 9.84 Å². The first-order valence-corrected chi connectivity index (χ1v) is 12.2. The molecule has 2 N–H and O–H groups in total. The molecule has 4 fully saturated rings. The van der Waals surface area contributed by atoms with E-state index in [1.54, 1.807) is 0 Å². The maximum atomic E-state index is 13.4. The SMILES string of the molecule is C[C@H](CCCOC(=O)O)[C@H]1CC[C@H]2[C@@H]3C(=O)C[C@@H]4C[C@H](O)CC[C@]4(C)[C@H]3CC[C@]12C. The molecule has 0 spiro atoms. The lowest BCUT2D eigenvalue weighted by Gasteiger charge is -2.60. The van der Waals surface area contributed by atoms with Gasteiger partial charge < -0.3 is 14.9 Å². The molecule has 30 heavy (non-hydrogen) atoms. The number of aliphatic hydroxyl groups is 1. The van der Waals surface area contributed by atoms with Gasteiger partial charge in [-0.1, -0.05) is 20.8 Å². The third kappa shape index (κ3) is 3.59. The Bertz CT molecular complexity index is 676. The molecule has 9 atom stereocenters. The summed E-state index contributed by atoms with van der Waals surface area (Å²) in [7, 11) is 0. The number of carbonyl (C=O) groups excluding carboxylic acids is 1. The predicted octanol–water partition coefficient (Wildman–Crippen LogP) is 5.30. The summed E-state index contributed by atoms with van der Waals surface area (Å²) in [6.45, 7) is 7.46. The Morgan fingerprint density at radius 1 is 1.13 bits per heavy atom. The normalized spacial score (nSPS) is 46.5. The van der Waals surface area contributed by atoms with Crippen LogP contribution in [0.25, 0.3) is 0 Å². The number of carboxylic acid groups (broad SMARTS) is 1. The van der Waals surface area contributed by atoms with E-state index in [0.29, 0.717) is 41.8 Å². The Hall–Kier alpha value is -1.10. The molecule has 5 nitrogen and oxygen atoms in total. The van der Waals surface area contributed by atoms with E-state index >= 15 is 0 Å². The van der Waals surface area contributed by atoms with Crippen molar-refractivity contribution in [2.75, 3.05) is 6.61 Å². The third-order valence-corrected chi connectivity index (χ3v) is 10.2. The standard InChI is InChI=1S/C25H40O5/c1-15(5-4-12-30-23(28)29)18-6-7-19-22-20(9-11-25(18,19)3)24(2)10-8-17(26)13-16(24)14-21(22)27/h15-20,22,26H,4-14H2,1-3H3,(H,28,29)/t15-,16+,17-,18-,19+,20+,22+,24+,25-/m1/s1. The monoisotopic (exact) mass is 420 g/mol. The van der Waals surface area contributed by atoms with Crippen LogP contribution in [0.5, 0.6) is 0 Å². The molecule has 0 aromatic carbocycles. The molecule has 0 unspecified atom stereocenters. The van der Waals surface area contributed by atoms with Crippen molar-refractivity contribution in [2.24, 2.45) is 46.3 Å². The van der Waals surface area contributed by atoms with Gasteiger partial charge in [0.15, 0.2) is 0 Å². The summed E-state index contributed by atoms with van der Waals surface area (Å²) in [4.78, 5) is 24.0. The molecule has 0 heterocycles. The van der Waals surface area contributed by atoms with Gasteiger partial charge in [-0.05, 0) is 98.2 Å². The lowest BCUT2D eigenvalue weighted by Crippen LogP contribution is -2.57. The number of aliphatic hydroxyl groups excluding tert-OH is 1. The van der Waals surface area contributed by atoms with Crippen LogP contribution in [0.2, 0.25) is 0 Å². The van der Waals surface area contributed by atoms with Crippen LogP contribution < -0.4 is 0 Å². The van der Waals surface area contributed by atoms with E-state index < -0.39 is 6.16 Å². The van der Waals surface area contributed by atoms with Gasteiger partial charge in [0.2, 0.25) is 0 Å². The highest BCUT2D eigenvalue weighted by Crippen LogP contribution is 2.67. The second-order valence-electron chi connectivity index (χ2n) is 11.5. The molecule has 0 aromatic heterocycles. The van der Waals surface area contributed by atoms with Crippen molar-refractivity contribution in [3.8, 4) is 0 Å². The van der Waals surface area contributed by atoms with Gasteiger partial charge in [-0.2, -0.15) is 0 Å². The predicted molar refractivity (Wildman–Crippen MR) is 114 cm³/mol. The first kappa shape index (κ1) is 22.1. The van der Waals surface area contributed by atoms with Gasteiger partial charge in [0.05, 0.1) is 12.7 Å². The number of Topliss-reactive ketones (excluding diaryl/α,β-unsaturated/α-hetero) is 1. The van der Waals surface area contributed by atoms with Crippen molar-refractivity contribution in [3.05, 3.63) is 0 Å². The minimum absolute atomic E-state index is 0.216. The van der Waals surface area contributed by atoms with Crippen LogP contribution in [-0.4, -0.2) is 34.9 Å². The van der Waals surface area contributed by atoms with Gasteiger partial charge in [-0.25, -0.2) is 4.79 Å². The average molecular weight is 421 g/mol. The maximum Gasteiger partial charge on any atom is 0.505 e. The first-order valence-electron chi connectivity index (χ1n) is 12.2. The lowest BCUT2D eigenvalue weighted by molar-refractivity contribution is -0.160. The molecule has 0 bridgehead atoms. The highest BCUT2D eigenvalue weighted by atomic mass is 16.7. The van der Waals surface area contributed by atoms with Crippen LogP contribution in [0.3, 0.4) is 0 Å². The van der Waals surface area contributed by atoms with Gasteiger partial charge in [-0.15, -0.1) is 0 Å². The number of rotatable bonds is 5. The Morgan fingerprint density at radius 3 is 2.57 bits per heavy atom. The summed E-state index contributed by atoms with van der Waals surface area (Å²) in [6.07, 6.45) is 8.51. The van der Waals surface area contributed by atoms with Crippen LogP contribution in [0.4, 0.5) is 4.79 Å². The molecule has 170 valence electrons. The van der Waals surface area contributed by atoms with E-state index in [2.05, 4.69) is 20.8 Å². The van der Waals surface area contributed by atoms with Crippen LogP contribution in [0.15, 0.2) is 0 Å². The van der Waals surface area contributed by atoms with Crippen molar-refractivity contribution >= 4 is 11.9 Å². The Kier molecular flexibility index (Phi) is 5.97. The second-order valence-corrected chi connectivity index (χ2v) is 11.5. The number of fused-ring (bicyclic) bond motifs is 5. The molecule has 0 aliphatic heterocycles. The van der Waals surface area contributed by atoms with E-state index in [9.17, 15) is 14.7 Å². The number of ketones is 1. The Balaban J connectivity index is 1.47. The van der Waals surface area contributed by atoms with Crippen molar-refractivity contribution in [1.82, 2.24) is 0 Å². The average Bonchev–Trinajstić information content (AvgIpc) is 3.03. The highest BCUT2D eigenvalue weighted by molar-refractivity contribution is 5.83. The first-order chi connectivity index (χ1) is 14.2. The maximum absolute atomic E-state index is 13.4. The zero-order chi connectivity index (χ0) is 21.7. The summed E-state index contributed by atoms with van der Waals surface area (Å²) < 4.78 is 4.69. The molecule has 0 saturated heterocycles. The molecule has 0 radical (unpaired) electrons. The number of ether oxygens (including phenoxy) is 1. The van der Waals surface area contributed by atoms with E-state index in [1.807, 2.05) is 0 Å². The minimum Gasteiger partial charge on any atom is -0.450 e. The second kappa shape index (κ2) is 8.11. The molecule has 4 aliphatic carbocycles. The van der Waals surface area contributed by atoms with Crippen LogP contribution in [0.1, 0.15) is 85.0 Å². The van der Waals surface area contributed by atoms with Crippen molar-refractivity contribution in [3.63, 3.8) is 0 Å². The van der Waals surface area contributed by atoms with Crippen molar-refractivity contribution in [1.29, 1.82) is 0 Å². The van der Waals surface area contributed by atoms with E-state index in [0.717, 1.165) is 44.9 Å². The summed E-state index contributed by atoms with van der Waals surface area (Å²) in [6, 6.07) is 0. The number of hydrogen-bond donors (Lipinski definition) is 2. The quantitative estimate of drug-likeness (QED) is 0.466. The lowest BCUT2D eigenvalue weighted by atomic mass is 9.44. The van der Waals surface area contributed by atoms with Gasteiger partial charge >= 0.3 is 6.16 Å². The smallest absolute Gasteiger partial charge is 0.450 e. The molecule has 4 rings (SSSR count). The fourth-order valence-electron chi connectivity index (χ4n) is 8.65. The Labute approximate surface area is 180 Å². The topological polar surface area (TPSA) is 83.8 Å². The van der Waals surface area contributed by atoms with Crippen molar-refractivity contribution in [2.45, 2.75) is 91.1 Å². The minimum atomic E-state index is -1.19. The molecule has 0 amide bonds. The molecule has 5 heteroatoms. The molecule has 4 saturated carbocycles. The molecular formula is C25H40O5. The van der Waals surface area contributed by atoms with E-state index in [1.165, 1.54) is 12.8 Å². The third-order valence-electron chi connectivity index (χ3n) is 10.2. The van der Waals surface area contributed by atoms with Crippen LogP contribution in [0, 0.1) is 46.3 Å². The molecule has 0 aromatic rings. The zero-order valence-electron chi connectivity index (χ0n) is 18.9. The van der Waals surface area contributed by atoms with E-state index in [-0.39, 0.29) is 29.5 Å². The van der Waals surface area contributed by atoms with Gasteiger partial charge in [0, 0.05) is 12.3 Å². The van der Waals surface area contributed by atoms with Crippen LogP contribution >= 0.6 is 0 Å². The van der Waals surface area contributed by atoms with Crippen molar-refractivity contribution < 1.29 is 24.5 Å². The fraction of sp³-hybridized carbons (Fsp3) is 0.920. The zero-order valence-corrected chi connectivity index (χ0v) is 18.9. The molecule has 4 aliphatic rings. The summed E-state index contributed by atoms with van der Waals surface area (Å²) in [5.41, 5.74) is 0.443. The summed E-state index contributed by atoms with van der Waals surface area (Å²) in [5.74, 6) is 3.19. The fourth-order valence-corrected chi connectivity index (χ4v) is 8.65. The summed E-state index contributed by atoms with van der Waals surface area (Å²) in [5, 5.41) is 18.9. The Morgan fingerprint density at radius 2 is 1.83 bits per heavy atom. The van der Waals surface area contributed by atoms with Crippen LogP contribution in [-0.2, 0) is 9.53 Å². The molecular weight excluding hydrogens is 380 g/mol. The summed E-state index contributed by atoms with van der Waals surface area (Å²) >= 11 is 0. The van der Waals surface area contributed by atoms with Gasteiger partial charge in [0.25, 0.3) is 0 Å². The van der Waals surface area contributed by atoms with Gasteiger partial charge in [0.1, 0.15) is 5.78 Å². The van der Waals surface area contributed by atoms with Gasteiger partial charge in [-0.3, -0.25) is 4.79 Å². The number of carbonyl (C=O) groups is 2. The highest BCUT2D eigenvalue weighted by Gasteiger charge is 2.62.